The number of ether oxygens (including phenoxy) is 1. The molecule has 1 spiro atoms. The molecule has 1 saturated heterocycles. The lowest BCUT2D eigenvalue weighted by Crippen LogP contribution is -2.44. The number of hydrogen-bond acceptors (Lipinski definition) is 2. The molecular weight excluding hydrogens is 222 g/mol. The van der Waals surface area contributed by atoms with E-state index in [4.69, 9.17) is 10.5 Å². The maximum atomic E-state index is 6.52. The lowest BCUT2D eigenvalue weighted by molar-refractivity contribution is -0.0969. The molecule has 104 valence electrons. The molecule has 2 unspecified atom stereocenters. The molecule has 3 aliphatic rings. The number of hydrogen-bond donors (Lipinski definition) is 1. The van der Waals surface area contributed by atoms with Crippen LogP contribution in [0.1, 0.15) is 70.6 Å². The van der Waals surface area contributed by atoms with Gasteiger partial charge in [-0.3, -0.25) is 0 Å². The van der Waals surface area contributed by atoms with E-state index < -0.39 is 0 Å². The third-order valence-electron chi connectivity index (χ3n) is 5.73. The van der Waals surface area contributed by atoms with Crippen LogP contribution in [0.5, 0.6) is 0 Å². The summed E-state index contributed by atoms with van der Waals surface area (Å²) in [6.07, 6.45) is 14.8. The van der Waals surface area contributed by atoms with Crippen molar-refractivity contribution in [1.29, 1.82) is 0 Å². The van der Waals surface area contributed by atoms with E-state index in [1.807, 2.05) is 0 Å². The number of rotatable bonds is 3. The van der Waals surface area contributed by atoms with Crippen LogP contribution in [0.15, 0.2) is 0 Å². The Hall–Kier alpha value is -0.0800. The molecule has 2 saturated carbocycles. The molecule has 0 aromatic rings. The Morgan fingerprint density at radius 1 is 1.06 bits per heavy atom. The average Bonchev–Trinajstić information content (AvgIpc) is 3.02. The van der Waals surface area contributed by atoms with Gasteiger partial charge in [-0.05, 0) is 43.9 Å². The highest BCUT2D eigenvalue weighted by Gasteiger charge is 2.41. The van der Waals surface area contributed by atoms with Gasteiger partial charge in [0, 0.05) is 12.6 Å². The van der Waals surface area contributed by atoms with Crippen LogP contribution in [0, 0.1) is 11.8 Å². The molecule has 3 rings (SSSR count). The molecule has 0 aromatic heterocycles. The zero-order valence-electron chi connectivity index (χ0n) is 11.7. The van der Waals surface area contributed by atoms with Gasteiger partial charge >= 0.3 is 0 Å². The van der Waals surface area contributed by atoms with Crippen molar-refractivity contribution in [2.75, 3.05) is 6.61 Å². The first-order valence-corrected chi connectivity index (χ1v) is 8.17. The van der Waals surface area contributed by atoms with Crippen molar-refractivity contribution in [2.45, 2.75) is 82.3 Å². The van der Waals surface area contributed by atoms with Crippen LogP contribution >= 0.6 is 0 Å². The summed E-state index contributed by atoms with van der Waals surface area (Å²) in [5.41, 5.74) is 6.77. The van der Waals surface area contributed by atoms with Crippen LogP contribution in [0.2, 0.25) is 0 Å². The van der Waals surface area contributed by atoms with Crippen LogP contribution in [-0.2, 0) is 4.74 Å². The van der Waals surface area contributed by atoms with Crippen LogP contribution < -0.4 is 5.73 Å². The Kier molecular flexibility index (Phi) is 3.95. The van der Waals surface area contributed by atoms with Crippen LogP contribution in [-0.4, -0.2) is 18.2 Å². The van der Waals surface area contributed by atoms with Gasteiger partial charge in [-0.2, -0.15) is 0 Å². The summed E-state index contributed by atoms with van der Waals surface area (Å²) in [6.45, 7) is 0.961. The summed E-state index contributed by atoms with van der Waals surface area (Å²) in [5.74, 6) is 1.67. The van der Waals surface area contributed by atoms with Crippen LogP contribution in [0.4, 0.5) is 0 Å². The highest BCUT2D eigenvalue weighted by Crippen LogP contribution is 2.43. The second kappa shape index (κ2) is 5.50. The van der Waals surface area contributed by atoms with E-state index in [9.17, 15) is 0 Å². The third kappa shape index (κ3) is 2.75. The van der Waals surface area contributed by atoms with Crippen molar-refractivity contribution in [1.82, 2.24) is 0 Å². The predicted octanol–water partition coefficient (Wildman–Crippen LogP) is 3.63. The van der Waals surface area contributed by atoms with E-state index in [0.29, 0.717) is 6.04 Å². The fourth-order valence-electron chi connectivity index (χ4n) is 4.62. The zero-order chi connectivity index (χ0) is 12.4. The van der Waals surface area contributed by atoms with Crippen molar-refractivity contribution < 1.29 is 4.74 Å². The van der Waals surface area contributed by atoms with E-state index >= 15 is 0 Å². The van der Waals surface area contributed by atoms with Crippen molar-refractivity contribution in [2.24, 2.45) is 17.6 Å². The largest absolute Gasteiger partial charge is 0.375 e. The van der Waals surface area contributed by atoms with E-state index in [2.05, 4.69) is 0 Å². The van der Waals surface area contributed by atoms with Gasteiger partial charge in [-0.15, -0.1) is 0 Å². The smallest absolute Gasteiger partial charge is 0.0685 e. The minimum Gasteiger partial charge on any atom is -0.375 e. The maximum absolute atomic E-state index is 6.52. The molecule has 2 atom stereocenters. The lowest BCUT2D eigenvalue weighted by Gasteiger charge is -2.41. The highest BCUT2D eigenvalue weighted by atomic mass is 16.5. The van der Waals surface area contributed by atoms with Gasteiger partial charge in [-0.1, -0.05) is 38.5 Å². The second-order valence-corrected chi connectivity index (χ2v) is 7.04. The van der Waals surface area contributed by atoms with E-state index in [1.165, 1.54) is 70.6 Å². The quantitative estimate of drug-likeness (QED) is 0.831. The first kappa shape index (κ1) is 12.9. The van der Waals surface area contributed by atoms with E-state index in [1.54, 1.807) is 0 Å². The van der Waals surface area contributed by atoms with Crippen molar-refractivity contribution >= 4 is 0 Å². The molecule has 0 aromatic carbocycles. The second-order valence-electron chi connectivity index (χ2n) is 7.04. The van der Waals surface area contributed by atoms with E-state index in [-0.39, 0.29) is 5.60 Å². The molecule has 3 fully saturated rings. The number of nitrogens with two attached hydrogens (primary N) is 1. The van der Waals surface area contributed by atoms with Gasteiger partial charge in [0.05, 0.1) is 5.60 Å². The molecule has 0 radical (unpaired) electrons. The van der Waals surface area contributed by atoms with Gasteiger partial charge in [0.2, 0.25) is 0 Å². The van der Waals surface area contributed by atoms with Gasteiger partial charge in [0.1, 0.15) is 0 Å². The molecule has 0 bridgehead atoms. The summed E-state index contributed by atoms with van der Waals surface area (Å²) in [5, 5.41) is 0. The molecule has 2 N–H and O–H groups in total. The SMILES string of the molecule is NC(CC1CCCC1)C1CCOC2(CCCC2)C1. The Morgan fingerprint density at radius 3 is 2.50 bits per heavy atom. The zero-order valence-corrected chi connectivity index (χ0v) is 11.7. The molecule has 1 heterocycles. The van der Waals surface area contributed by atoms with Crippen molar-refractivity contribution in [3.05, 3.63) is 0 Å². The van der Waals surface area contributed by atoms with Crippen LogP contribution in [0.25, 0.3) is 0 Å². The molecule has 1 aliphatic heterocycles. The molecular formula is C16H29NO. The molecule has 18 heavy (non-hydrogen) atoms. The average molecular weight is 251 g/mol. The minimum absolute atomic E-state index is 0.246. The Balaban J connectivity index is 1.54. The van der Waals surface area contributed by atoms with Gasteiger partial charge in [0.25, 0.3) is 0 Å². The lowest BCUT2D eigenvalue weighted by atomic mass is 9.78. The topological polar surface area (TPSA) is 35.2 Å². The molecule has 2 nitrogen and oxygen atoms in total. The van der Waals surface area contributed by atoms with Crippen molar-refractivity contribution in [3.63, 3.8) is 0 Å². The monoisotopic (exact) mass is 251 g/mol. The highest BCUT2D eigenvalue weighted by molar-refractivity contribution is 4.94. The summed E-state index contributed by atoms with van der Waals surface area (Å²) >= 11 is 0. The Labute approximate surface area is 112 Å². The van der Waals surface area contributed by atoms with E-state index in [0.717, 1.165) is 18.4 Å². The summed E-state index contributed by atoms with van der Waals surface area (Å²) in [6, 6.07) is 0.439. The predicted molar refractivity (Wildman–Crippen MR) is 74.4 cm³/mol. The van der Waals surface area contributed by atoms with Gasteiger partial charge in [-0.25, -0.2) is 0 Å². The third-order valence-corrected chi connectivity index (χ3v) is 5.73. The van der Waals surface area contributed by atoms with Gasteiger partial charge < -0.3 is 10.5 Å². The fraction of sp³-hybridized carbons (Fsp3) is 1.00. The normalized spacial score (nSPS) is 34.2. The Bertz CT molecular complexity index is 266. The molecule has 0 amide bonds. The molecule has 2 heteroatoms. The fourth-order valence-corrected chi connectivity index (χ4v) is 4.62. The van der Waals surface area contributed by atoms with Gasteiger partial charge in [0.15, 0.2) is 0 Å². The standard InChI is InChI=1S/C16H29NO/c17-15(11-13-5-1-2-6-13)14-7-10-18-16(12-14)8-3-4-9-16/h13-15H,1-12,17H2. The first-order chi connectivity index (χ1) is 8.77. The summed E-state index contributed by atoms with van der Waals surface area (Å²) in [7, 11) is 0. The van der Waals surface area contributed by atoms with Crippen molar-refractivity contribution in [3.8, 4) is 0 Å². The maximum Gasteiger partial charge on any atom is 0.0685 e. The molecule has 2 aliphatic carbocycles. The van der Waals surface area contributed by atoms with Crippen LogP contribution in [0.3, 0.4) is 0 Å². The summed E-state index contributed by atoms with van der Waals surface area (Å²) < 4.78 is 6.12. The first-order valence-electron chi connectivity index (χ1n) is 8.17. The minimum atomic E-state index is 0.246. The summed E-state index contributed by atoms with van der Waals surface area (Å²) in [4.78, 5) is 0. The Morgan fingerprint density at radius 2 is 1.78 bits per heavy atom.